The van der Waals surface area contributed by atoms with E-state index in [1.807, 2.05) is 25.7 Å². The van der Waals surface area contributed by atoms with E-state index in [9.17, 15) is 19.8 Å². The van der Waals surface area contributed by atoms with Crippen LogP contribution in [0.25, 0.3) is 0 Å². The van der Waals surface area contributed by atoms with Crippen LogP contribution in [0, 0.1) is 37.5 Å². The zero-order chi connectivity index (χ0) is 14.4. The standard InChI is InChI=1S/C14H14NO4S/c1-7(16)10-12(17)15-11(14(18)19)9(20-13(10)15)6-8-4-2-3-5-8/h2-5,7,10,13,16H,6H2,1H3,(H,18,19)/t7-,10+,13-/m1/s1. The molecule has 0 aromatic rings. The van der Waals surface area contributed by atoms with E-state index in [-0.39, 0.29) is 17.0 Å². The van der Waals surface area contributed by atoms with Gasteiger partial charge in [0.25, 0.3) is 0 Å². The predicted molar refractivity (Wildman–Crippen MR) is 73.1 cm³/mol. The molecule has 5 nitrogen and oxygen atoms in total. The van der Waals surface area contributed by atoms with Gasteiger partial charge in [0.15, 0.2) is 0 Å². The summed E-state index contributed by atoms with van der Waals surface area (Å²) in [5.74, 6) is -0.868. The molecule has 5 radical (unpaired) electrons. The summed E-state index contributed by atoms with van der Waals surface area (Å²) in [5, 5.41) is 18.7. The molecule has 0 bridgehead atoms. The van der Waals surface area contributed by atoms with E-state index >= 15 is 0 Å². The van der Waals surface area contributed by atoms with Crippen molar-refractivity contribution in [2.45, 2.75) is 24.8 Å². The molecule has 3 aliphatic rings. The zero-order valence-electron chi connectivity index (χ0n) is 10.8. The Kier molecular flexibility index (Phi) is 3.54. The molecule has 3 rings (SSSR count). The van der Waals surface area contributed by atoms with E-state index in [2.05, 4.69) is 0 Å². The summed E-state index contributed by atoms with van der Waals surface area (Å²) in [6.07, 6.45) is 7.40. The van der Waals surface area contributed by atoms with Crippen molar-refractivity contribution in [3.8, 4) is 0 Å². The van der Waals surface area contributed by atoms with Gasteiger partial charge in [-0.05, 0) is 44.9 Å². The van der Waals surface area contributed by atoms with Gasteiger partial charge in [-0.25, -0.2) is 4.79 Å². The second-order valence-electron chi connectivity index (χ2n) is 5.03. The molecule has 0 aromatic carbocycles. The van der Waals surface area contributed by atoms with E-state index < -0.39 is 18.0 Å². The molecule has 2 fully saturated rings. The lowest BCUT2D eigenvalue weighted by Crippen LogP contribution is -2.60. The second kappa shape index (κ2) is 5.07. The number of aliphatic hydroxyl groups is 1. The van der Waals surface area contributed by atoms with Crippen molar-refractivity contribution in [2.24, 2.45) is 5.92 Å². The highest BCUT2D eigenvalue weighted by Gasteiger charge is 2.57. The fraction of sp³-hybridized carbons (Fsp3) is 0.357. The summed E-state index contributed by atoms with van der Waals surface area (Å²) in [6, 6.07) is 0. The number of amides is 1. The molecule has 20 heavy (non-hydrogen) atoms. The number of fused-ring (bicyclic) bond motifs is 1. The van der Waals surface area contributed by atoms with Gasteiger partial charge in [-0.15, -0.1) is 11.8 Å². The van der Waals surface area contributed by atoms with Gasteiger partial charge >= 0.3 is 5.97 Å². The number of carbonyl (C=O) groups is 2. The van der Waals surface area contributed by atoms with Crippen molar-refractivity contribution in [3.63, 3.8) is 0 Å². The Morgan fingerprint density at radius 3 is 2.65 bits per heavy atom. The molecule has 0 aromatic heterocycles. The third kappa shape index (κ3) is 2.05. The summed E-state index contributed by atoms with van der Waals surface area (Å²) >= 11 is 1.38. The van der Waals surface area contributed by atoms with Gasteiger partial charge in [0.1, 0.15) is 11.1 Å². The fourth-order valence-electron chi connectivity index (χ4n) is 2.70. The van der Waals surface area contributed by atoms with Crippen LogP contribution in [0.3, 0.4) is 0 Å². The Bertz CT molecular complexity index is 482. The maximum Gasteiger partial charge on any atom is 0.353 e. The average molecular weight is 292 g/mol. The first-order valence-electron chi connectivity index (χ1n) is 6.35. The summed E-state index contributed by atoms with van der Waals surface area (Å²) in [5.41, 5.74) is 0.0723. The van der Waals surface area contributed by atoms with Crippen LogP contribution in [-0.4, -0.2) is 38.5 Å². The summed E-state index contributed by atoms with van der Waals surface area (Å²) < 4.78 is 0. The lowest BCUT2D eigenvalue weighted by atomic mass is 9.92. The number of allylic oxidation sites excluding steroid dienone is 1. The van der Waals surface area contributed by atoms with Crippen LogP contribution < -0.4 is 0 Å². The number of aliphatic carboxylic acids is 1. The van der Waals surface area contributed by atoms with Crippen LogP contribution >= 0.6 is 11.8 Å². The third-order valence-corrected chi connectivity index (χ3v) is 5.04. The Hall–Kier alpha value is -1.01. The number of aliphatic hydroxyl groups excluding tert-OH is 1. The predicted octanol–water partition coefficient (Wildman–Crippen LogP) is 0.990. The highest BCUT2D eigenvalue weighted by Crippen LogP contribution is 2.52. The molecule has 2 aliphatic heterocycles. The lowest BCUT2D eigenvalue weighted by Gasteiger charge is -2.43. The average Bonchev–Trinajstić information content (AvgIpc) is 2.95. The number of carboxylic acids is 1. The van der Waals surface area contributed by atoms with E-state index in [1.165, 1.54) is 16.7 Å². The van der Waals surface area contributed by atoms with Gasteiger partial charge < -0.3 is 10.2 Å². The first-order chi connectivity index (χ1) is 9.50. The number of hydrogen-bond acceptors (Lipinski definition) is 4. The maximum absolute atomic E-state index is 12.0. The molecule has 1 aliphatic carbocycles. The van der Waals surface area contributed by atoms with Crippen molar-refractivity contribution < 1.29 is 19.8 Å². The van der Waals surface area contributed by atoms with E-state index in [4.69, 9.17) is 0 Å². The molecule has 2 heterocycles. The van der Waals surface area contributed by atoms with Crippen molar-refractivity contribution in [1.82, 2.24) is 4.90 Å². The second-order valence-corrected chi connectivity index (χ2v) is 6.24. The minimum absolute atomic E-state index is 0.0723. The molecule has 105 valence electrons. The van der Waals surface area contributed by atoms with Gasteiger partial charge in [0.05, 0.1) is 12.0 Å². The molecule has 6 heteroatoms. The molecule has 0 spiro atoms. The molecule has 3 atom stereocenters. The summed E-state index contributed by atoms with van der Waals surface area (Å²) in [6.45, 7) is 1.57. The van der Waals surface area contributed by atoms with Crippen LogP contribution in [0.4, 0.5) is 0 Å². The Morgan fingerprint density at radius 2 is 2.10 bits per heavy atom. The number of rotatable bonds is 4. The highest BCUT2D eigenvalue weighted by atomic mass is 32.2. The van der Waals surface area contributed by atoms with Crippen LogP contribution in [0.5, 0.6) is 0 Å². The van der Waals surface area contributed by atoms with Crippen molar-refractivity contribution in [1.29, 1.82) is 0 Å². The van der Waals surface area contributed by atoms with Crippen LogP contribution in [0.1, 0.15) is 13.3 Å². The van der Waals surface area contributed by atoms with E-state index in [1.54, 1.807) is 6.92 Å². The molecule has 1 saturated carbocycles. The number of β-lactam (4-membered cyclic amide) rings is 1. The monoisotopic (exact) mass is 292 g/mol. The number of nitrogens with zero attached hydrogens (tertiary/aromatic N) is 1. The minimum atomic E-state index is -1.08. The van der Waals surface area contributed by atoms with Crippen LogP contribution in [0.2, 0.25) is 0 Å². The molecular weight excluding hydrogens is 278 g/mol. The SMILES string of the molecule is C[C@@H](O)[C@H]1C(=O)N2C(C(=O)O)=C(C[C]3[CH][CH][CH][CH]3)S[C@H]12. The first-order valence-corrected chi connectivity index (χ1v) is 7.23. The molecular formula is C14H14NO4S. The Morgan fingerprint density at radius 1 is 1.45 bits per heavy atom. The summed E-state index contributed by atoms with van der Waals surface area (Å²) in [4.78, 5) is 25.4. The smallest absolute Gasteiger partial charge is 0.353 e. The lowest BCUT2D eigenvalue weighted by molar-refractivity contribution is -0.156. The quantitative estimate of drug-likeness (QED) is 0.756. The molecule has 2 N–H and O–H groups in total. The van der Waals surface area contributed by atoms with Crippen LogP contribution in [-0.2, 0) is 9.59 Å². The topological polar surface area (TPSA) is 77.8 Å². The Balaban J connectivity index is 1.81. The van der Waals surface area contributed by atoms with Gasteiger partial charge in [-0.2, -0.15) is 0 Å². The number of thioether (sulfide) groups is 1. The maximum atomic E-state index is 12.0. The fourth-order valence-corrected chi connectivity index (χ4v) is 4.34. The molecule has 0 unspecified atom stereocenters. The van der Waals surface area contributed by atoms with Gasteiger partial charge in [-0.1, -0.05) is 0 Å². The third-order valence-electron chi connectivity index (χ3n) is 3.67. The number of hydrogen-bond donors (Lipinski definition) is 2. The van der Waals surface area contributed by atoms with Gasteiger partial charge in [0.2, 0.25) is 5.91 Å². The number of carbonyl (C=O) groups excluding carboxylic acids is 1. The zero-order valence-corrected chi connectivity index (χ0v) is 11.6. The largest absolute Gasteiger partial charge is 0.477 e. The summed E-state index contributed by atoms with van der Waals surface area (Å²) in [7, 11) is 0. The molecule has 1 saturated heterocycles. The Labute approximate surface area is 122 Å². The van der Waals surface area contributed by atoms with Crippen molar-refractivity contribution >= 4 is 23.6 Å². The number of carboxylic acid groups (broad SMARTS) is 1. The first kappa shape index (κ1) is 13.9. The highest BCUT2D eigenvalue weighted by molar-refractivity contribution is 8.04. The van der Waals surface area contributed by atoms with Crippen molar-refractivity contribution in [3.05, 3.63) is 42.2 Å². The van der Waals surface area contributed by atoms with E-state index in [0.717, 1.165) is 5.92 Å². The van der Waals surface area contributed by atoms with E-state index in [0.29, 0.717) is 11.3 Å². The molecule has 1 amide bonds. The minimum Gasteiger partial charge on any atom is -0.477 e. The van der Waals surface area contributed by atoms with Gasteiger partial charge in [0, 0.05) is 4.91 Å². The van der Waals surface area contributed by atoms with Crippen LogP contribution in [0.15, 0.2) is 10.6 Å². The van der Waals surface area contributed by atoms with Gasteiger partial charge in [-0.3, -0.25) is 9.69 Å². The van der Waals surface area contributed by atoms with Crippen molar-refractivity contribution in [2.75, 3.05) is 0 Å². The normalized spacial score (nSPS) is 31.5.